The Morgan fingerprint density at radius 2 is 1.84 bits per heavy atom. The molecule has 0 unspecified atom stereocenters. The molecule has 3 saturated carbocycles. The van der Waals surface area contributed by atoms with Crippen LogP contribution in [0.15, 0.2) is 24.3 Å². The largest absolute Gasteiger partial charge is 0.480 e. The summed E-state index contributed by atoms with van der Waals surface area (Å²) in [5.74, 6) is 0.866. The molecule has 3 fully saturated rings. The van der Waals surface area contributed by atoms with E-state index in [0.29, 0.717) is 12.1 Å². The molecule has 0 saturated heterocycles. The van der Waals surface area contributed by atoms with E-state index in [2.05, 4.69) is 34.5 Å². The van der Waals surface area contributed by atoms with Crippen molar-refractivity contribution < 1.29 is 9.90 Å². The van der Waals surface area contributed by atoms with E-state index < -0.39 is 5.97 Å². The van der Waals surface area contributed by atoms with Crippen LogP contribution in [0.2, 0.25) is 0 Å². The van der Waals surface area contributed by atoms with Gasteiger partial charge in [0.25, 0.3) is 0 Å². The van der Waals surface area contributed by atoms with Gasteiger partial charge in [-0.25, -0.2) is 0 Å². The molecule has 2 N–H and O–H groups in total. The highest BCUT2D eigenvalue weighted by atomic mass is 16.4. The van der Waals surface area contributed by atoms with E-state index in [1.807, 2.05) is 0 Å². The van der Waals surface area contributed by atoms with Crippen LogP contribution in [0, 0.1) is 5.92 Å². The first-order valence-electron chi connectivity index (χ1n) is 9.95. The number of rotatable bonds is 9. The fraction of sp³-hybridized carbons (Fsp3) is 0.667. The number of hydrogen-bond acceptors (Lipinski definition) is 3. The van der Waals surface area contributed by atoms with E-state index in [1.54, 1.807) is 0 Å². The standard InChI is InChI=1S/C21H30N2O2/c24-21(25)14-23(13-16-4-5-16)20-10-19(11-20)22-12-15-6-8-18(9-7-15)17-2-1-3-17/h6-9,16-17,19-20,22H,1-5,10-14H2,(H,24,25). The van der Waals surface area contributed by atoms with Gasteiger partial charge in [-0.05, 0) is 61.5 Å². The maximum Gasteiger partial charge on any atom is 0.317 e. The second-order valence-electron chi connectivity index (χ2n) is 8.34. The normalized spacial score (nSPS) is 26.3. The summed E-state index contributed by atoms with van der Waals surface area (Å²) in [4.78, 5) is 13.3. The average Bonchev–Trinajstić information content (AvgIpc) is 3.28. The summed E-state index contributed by atoms with van der Waals surface area (Å²) in [5.41, 5.74) is 2.86. The van der Waals surface area contributed by atoms with Crippen molar-refractivity contribution in [1.29, 1.82) is 0 Å². The molecule has 25 heavy (non-hydrogen) atoms. The Morgan fingerprint density at radius 3 is 2.40 bits per heavy atom. The first-order valence-corrected chi connectivity index (χ1v) is 9.95. The Morgan fingerprint density at radius 1 is 1.12 bits per heavy atom. The van der Waals surface area contributed by atoms with Crippen molar-refractivity contribution in [1.82, 2.24) is 10.2 Å². The minimum absolute atomic E-state index is 0.205. The number of nitrogens with zero attached hydrogens (tertiary/aromatic N) is 1. The molecule has 0 heterocycles. The minimum atomic E-state index is -0.691. The zero-order valence-electron chi connectivity index (χ0n) is 15.0. The molecule has 0 aromatic heterocycles. The van der Waals surface area contributed by atoms with E-state index in [0.717, 1.165) is 37.8 Å². The molecular formula is C21H30N2O2. The van der Waals surface area contributed by atoms with Crippen LogP contribution in [0.3, 0.4) is 0 Å². The van der Waals surface area contributed by atoms with E-state index in [-0.39, 0.29) is 6.54 Å². The smallest absolute Gasteiger partial charge is 0.317 e. The van der Waals surface area contributed by atoms with Crippen molar-refractivity contribution in [3.63, 3.8) is 0 Å². The maximum atomic E-state index is 11.1. The van der Waals surface area contributed by atoms with E-state index >= 15 is 0 Å². The van der Waals surface area contributed by atoms with Crippen molar-refractivity contribution >= 4 is 5.97 Å². The molecule has 0 aliphatic heterocycles. The lowest BCUT2D eigenvalue weighted by Gasteiger charge is -2.43. The fourth-order valence-electron chi connectivity index (χ4n) is 4.11. The summed E-state index contributed by atoms with van der Waals surface area (Å²) in [6.45, 7) is 2.10. The zero-order chi connectivity index (χ0) is 17.2. The van der Waals surface area contributed by atoms with E-state index in [1.165, 1.54) is 43.2 Å². The Kier molecular flexibility index (Phi) is 5.09. The molecule has 4 heteroatoms. The molecule has 0 bridgehead atoms. The first-order chi connectivity index (χ1) is 12.2. The van der Waals surface area contributed by atoms with Crippen LogP contribution in [0.5, 0.6) is 0 Å². The van der Waals surface area contributed by atoms with Crippen molar-refractivity contribution in [3.8, 4) is 0 Å². The summed E-state index contributed by atoms with van der Waals surface area (Å²) in [6, 6.07) is 10.1. The topological polar surface area (TPSA) is 52.6 Å². The Hall–Kier alpha value is -1.39. The molecule has 0 spiro atoms. The molecule has 4 nitrogen and oxygen atoms in total. The maximum absolute atomic E-state index is 11.1. The van der Waals surface area contributed by atoms with Crippen LogP contribution in [0.1, 0.15) is 62.0 Å². The van der Waals surface area contributed by atoms with Gasteiger partial charge in [-0.1, -0.05) is 30.7 Å². The molecule has 1 aromatic carbocycles. The zero-order valence-corrected chi connectivity index (χ0v) is 15.0. The van der Waals surface area contributed by atoms with Crippen LogP contribution in [0.4, 0.5) is 0 Å². The SMILES string of the molecule is O=C(O)CN(CC1CC1)C1CC(NCc2ccc(C3CCC3)cc2)C1. The quantitative estimate of drug-likeness (QED) is 0.722. The van der Waals surface area contributed by atoms with Crippen molar-refractivity contribution in [3.05, 3.63) is 35.4 Å². The summed E-state index contributed by atoms with van der Waals surface area (Å²) >= 11 is 0. The van der Waals surface area contributed by atoms with E-state index in [4.69, 9.17) is 5.11 Å². The molecule has 0 radical (unpaired) electrons. The first kappa shape index (κ1) is 17.0. The van der Waals surface area contributed by atoms with E-state index in [9.17, 15) is 4.79 Å². The van der Waals surface area contributed by atoms with Crippen LogP contribution in [0.25, 0.3) is 0 Å². The number of hydrogen-bond donors (Lipinski definition) is 2. The van der Waals surface area contributed by atoms with Crippen LogP contribution >= 0.6 is 0 Å². The van der Waals surface area contributed by atoms with Crippen molar-refractivity contribution in [2.45, 2.75) is 69.5 Å². The van der Waals surface area contributed by atoms with Gasteiger partial charge in [0.1, 0.15) is 0 Å². The number of carbonyl (C=O) groups is 1. The van der Waals surface area contributed by atoms with Gasteiger partial charge in [0.05, 0.1) is 6.54 Å². The number of benzene rings is 1. The van der Waals surface area contributed by atoms with Gasteiger partial charge in [0.2, 0.25) is 0 Å². The summed E-state index contributed by atoms with van der Waals surface area (Å²) in [5, 5.41) is 12.8. The van der Waals surface area contributed by atoms with Crippen molar-refractivity contribution in [2.24, 2.45) is 5.92 Å². The second-order valence-corrected chi connectivity index (χ2v) is 8.34. The third-order valence-electron chi connectivity index (χ3n) is 6.31. The number of carboxylic acid groups (broad SMARTS) is 1. The minimum Gasteiger partial charge on any atom is -0.480 e. The number of aliphatic carboxylic acids is 1. The molecular weight excluding hydrogens is 312 g/mol. The molecule has 0 atom stereocenters. The molecule has 136 valence electrons. The van der Waals surface area contributed by atoms with Gasteiger partial charge in [0, 0.05) is 25.2 Å². The Bertz CT molecular complexity index is 586. The average molecular weight is 342 g/mol. The Balaban J connectivity index is 1.20. The monoisotopic (exact) mass is 342 g/mol. The predicted molar refractivity (Wildman–Crippen MR) is 98.6 cm³/mol. The lowest BCUT2D eigenvalue weighted by Crippen LogP contribution is -2.54. The van der Waals surface area contributed by atoms with Gasteiger partial charge < -0.3 is 10.4 Å². The highest BCUT2D eigenvalue weighted by molar-refractivity contribution is 5.69. The highest BCUT2D eigenvalue weighted by Gasteiger charge is 2.36. The van der Waals surface area contributed by atoms with Gasteiger partial charge in [-0.2, -0.15) is 0 Å². The van der Waals surface area contributed by atoms with Gasteiger partial charge in [0.15, 0.2) is 0 Å². The van der Waals surface area contributed by atoms with Crippen LogP contribution in [-0.4, -0.2) is 41.1 Å². The molecule has 0 amide bonds. The predicted octanol–water partition coefficient (Wildman–Crippen LogP) is 3.37. The van der Waals surface area contributed by atoms with Gasteiger partial charge >= 0.3 is 5.97 Å². The third-order valence-corrected chi connectivity index (χ3v) is 6.31. The second kappa shape index (κ2) is 7.46. The number of carboxylic acids is 1. The van der Waals surface area contributed by atoms with Gasteiger partial charge in [-0.3, -0.25) is 9.69 Å². The lowest BCUT2D eigenvalue weighted by atomic mass is 9.80. The summed E-state index contributed by atoms with van der Waals surface area (Å²) in [7, 11) is 0. The Labute approximate surface area is 150 Å². The third kappa shape index (κ3) is 4.42. The van der Waals surface area contributed by atoms with Crippen molar-refractivity contribution in [2.75, 3.05) is 13.1 Å². The molecule has 3 aliphatic carbocycles. The lowest BCUT2D eigenvalue weighted by molar-refractivity contribution is -0.139. The highest BCUT2D eigenvalue weighted by Crippen LogP contribution is 2.36. The number of nitrogens with one attached hydrogen (secondary N) is 1. The molecule has 4 rings (SSSR count). The summed E-state index contributed by atoms with van der Waals surface area (Å²) < 4.78 is 0. The molecule has 1 aromatic rings. The molecule has 3 aliphatic rings. The van der Waals surface area contributed by atoms with Crippen LogP contribution < -0.4 is 5.32 Å². The summed E-state index contributed by atoms with van der Waals surface area (Å²) in [6.07, 6.45) is 8.82. The van der Waals surface area contributed by atoms with Crippen LogP contribution in [-0.2, 0) is 11.3 Å². The van der Waals surface area contributed by atoms with Gasteiger partial charge in [-0.15, -0.1) is 0 Å². The fourth-order valence-corrected chi connectivity index (χ4v) is 4.11.